The summed E-state index contributed by atoms with van der Waals surface area (Å²) in [6, 6.07) is 12.7. The van der Waals surface area contributed by atoms with Gasteiger partial charge in [0, 0.05) is 10.7 Å². The maximum Gasteiger partial charge on any atom is 0.226 e. The molecule has 1 aliphatic heterocycles. The van der Waals surface area contributed by atoms with Crippen molar-refractivity contribution >= 4 is 23.2 Å². The van der Waals surface area contributed by atoms with Gasteiger partial charge in [-0.05, 0) is 48.4 Å². The molecule has 1 atom stereocenters. The number of nitrogens with zero attached hydrogens (tertiary/aromatic N) is 3. The molecule has 7 heteroatoms. The predicted molar refractivity (Wildman–Crippen MR) is 100 cm³/mol. The molecular weight excluding hydrogens is 352 g/mol. The quantitative estimate of drug-likeness (QED) is 0.725. The molecule has 0 unspecified atom stereocenters. The van der Waals surface area contributed by atoms with Gasteiger partial charge >= 0.3 is 0 Å². The first-order chi connectivity index (χ1) is 12.7. The van der Waals surface area contributed by atoms with Crippen molar-refractivity contribution in [3.05, 3.63) is 71.0 Å². The minimum atomic E-state index is -0.181. The minimum absolute atomic E-state index is 0.116. The zero-order chi connectivity index (χ0) is 18.1. The number of allylic oxidation sites excluding steroid dienone is 1. The van der Waals surface area contributed by atoms with Gasteiger partial charge in [-0.2, -0.15) is 10.1 Å². The second-order valence-electron chi connectivity index (χ2n) is 5.85. The highest BCUT2D eigenvalue weighted by molar-refractivity contribution is 6.30. The lowest BCUT2D eigenvalue weighted by molar-refractivity contribution is 0.317. The van der Waals surface area contributed by atoms with Gasteiger partial charge in [0.25, 0.3) is 0 Å². The van der Waals surface area contributed by atoms with E-state index < -0.39 is 0 Å². The molecule has 2 heterocycles. The Labute approximate surface area is 155 Å². The topological polar surface area (TPSA) is 72.2 Å². The van der Waals surface area contributed by atoms with Crippen LogP contribution in [0.15, 0.2) is 54.9 Å². The Morgan fingerprint density at radius 3 is 2.81 bits per heavy atom. The smallest absolute Gasteiger partial charge is 0.226 e. The van der Waals surface area contributed by atoms with Crippen LogP contribution < -0.4 is 10.1 Å². The fraction of sp³-hybridized carbons (Fsp3) is 0.158. The fourth-order valence-corrected chi connectivity index (χ4v) is 3.08. The van der Waals surface area contributed by atoms with Crippen molar-refractivity contribution < 1.29 is 9.84 Å². The Morgan fingerprint density at radius 2 is 2.04 bits per heavy atom. The highest BCUT2D eigenvalue weighted by Gasteiger charge is 2.24. The Kier molecular flexibility index (Phi) is 4.26. The number of phenols is 1. The van der Waals surface area contributed by atoms with Crippen molar-refractivity contribution in [3.63, 3.8) is 0 Å². The molecule has 0 spiro atoms. The zero-order valence-corrected chi connectivity index (χ0v) is 14.8. The number of phenolic OH excluding ortho intramolecular Hbond substituents is 1. The maximum atomic E-state index is 9.98. The van der Waals surface area contributed by atoms with Gasteiger partial charge in [-0.1, -0.05) is 29.8 Å². The average molecular weight is 369 g/mol. The van der Waals surface area contributed by atoms with E-state index in [1.54, 1.807) is 10.7 Å². The average Bonchev–Trinajstić information content (AvgIpc) is 3.12. The van der Waals surface area contributed by atoms with Gasteiger partial charge in [-0.25, -0.2) is 4.68 Å². The van der Waals surface area contributed by atoms with Crippen molar-refractivity contribution in [1.82, 2.24) is 14.8 Å². The van der Waals surface area contributed by atoms with E-state index in [-0.39, 0.29) is 11.8 Å². The molecule has 2 aromatic carbocycles. The van der Waals surface area contributed by atoms with Crippen LogP contribution in [0.3, 0.4) is 0 Å². The number of halogens is 1. The molecule has 0 aliphatic carbocycles. The van der Waals surface area contributed by atoms with Gasteiger partial charge in [-0.3, -0.25) is 0 Å². The van der Waals surface area contributed by atoms with Crippen LogP contribution >= 0.6 is 11.6 Å². The second kappa shape index (κ2) is 6.72. The van der Waals surface area contributed by atoms with E-state index in [0.29, 0.717) is 23.3 Å². The highest BCUT2D eigenvalue weighted by atomic mass is 35.5. The summed E-state index contributed by atoms with van der Waals surface area (Å²) in [6.07, 6.45) is 3.57. The van der Waals surface area contributed by atoms with E-state index >= 15 is 0 Å². The zero-order valence-electron chi connectivity index (χ0n) is 14.1. The third-order valence-corrected chi connectivity index (χ3v) is 4.44. The van der Waals surface area contributed by atoms with E-state index in [4.69, 9.17) is 16.3 Å². The molecule has 6 nitrogen and oxygen atoms in total. The van der Waals surface area contributed by atoms with Crippen molar-refractivity contribution in [2.45, 2.75) is 13.0 Å². The Bertz CT molecular complexity index is 966. The molecular formula is C19H17ClN4O2. The van der Waals surface area contributed by atoms with Gasteiger partial charge < -0.3 is 15.2 Å². The van der Waals surface area contributed by atoms with Crippen LogP contribution in [0.5, 0.6) is 11.5 Å². The number of benzene rings is 2. The molecule has 132 valence electrons. The fourth-order valence-electron chi connectivity index (χ4n) is 2.95. The lowest BCUT2D eigenvalue weighted by atomic mass is 10.0. The SMILES string of the molecule is CCOc1cc([C@@H]2C=C(c3ccc(Cl)cc3)Nc3ncnn32)ccc1O. The Hall–Kier alpha value is -2.99. The van der Waals surface area contributed by atoms with E-state index in [1.807, 2.05) is 43.3 Å². The number of rotatable bonds is 4. The molecule has 0 bridgehead atoms. The van der Waals surface area contributed by atoms with E-state index in [0.717, 1.165) is 16.8 Å². The van der Waals surface area contributed by atoms with Crippen LogP contribution in [0, 0.1) is 0 Å². The second-order valence-corrected chi connectivity index (χ2v) is 6.28. The van der Waals surface area contributed by atoms with Crippen molar-refractivity contribution in [3.8, 4) is 11.5 Å². The molecule has 0 amide bonds. The third kappa shape index (κ3) is 2.99. The standard InChI is InChI=1S/C19H17ClN4O2/c1-2-26-18-9-13(5-8-17(18)25)16-10-15(12-3-6-14(20)7-4-12)23-19-21-11-22-24(16)19/h3-11,16,25H,2H2,1H3,(H,21,22,23)/t16-/m0/s1. The predicted octanol–water partition coefficient (Wildman–Crippen LogP) is 4.09. The molecule has 4 rings (SSSR count). The van der Waals surface area contributed by atoms with Crippen molar-refractivity contribution in [2.75, 3.05) is 11.9 Å². The molecule has 0 radical (unpaired) electrons. The number of hydrogen-bond acceptors (Lipinski definition) is 5. The largest absolute Gasteiger partial charge is 0.504 e. The van der Waals surface area contributed by atoms with Crippen LogP contribution in [0.4, 0.5) is 5.95 Å². The minimum Gasteiger partial charge on any atom is -0.504 e. The van der Waals surface area contributed by atoms with Crippen LogP contribution in [0.1, 0.15) is 24.1 Å². The monoisotopic (exact) mass is 368 g/mol. The van der Waals surface area contributed by atoms with Gasteiger partial charge in [0.1, 0.15) is 12.4 Å². The van der Waals surface area contributed by atoms with Crippen LogP contribution in [-0.4, -0.2) is 26.5 Å². The van der Waals surface area contributed by atoms with Crippen LogP contribution in [0.25, 0.3) is 5.70 Å². The number of nitrogens with one attached hydrogen (secondary N) is 1. The summed E-state index contributed by atoms with van der Waals surface area (Å²) in [5, 5.41) is 18.3. The number of fused-ring (bicyclic) bond motifs is 1. The maximum absolute atomic E-state index is 9.98. The summed E-state index contributed by atoms with van der Waals surface area (Å²) < 4.78 is 7.31. The summed E-state index contributed by atoms with van der Waals surface area (Å²) in [5.74, 6) is 1.21. The molecule has 0 saturated carbocycles. The van der Waals surface area contributed by atoms with Crippen LogP contribution in [-0.2, 0) is 0 Å². The first kappa shape index (κ1) is 16.5. The summed E-state index contributed by atoms with van der Waals surface area (Å²) in [7, 11) is 0. The van der Waals surface area contributed by atoms with Crippen LogP contribution in [0.2, 0.25) is 5.02 Å². The number of aromatic hydroxyl groups is 1. The molecule has 0 saturated heterocycles. The van der Waals surface area contributed by atoms with Gasteiger partial charge in [0.05, 0.1) is 6.61 Å². The Balaban J connectivity index is 1.78. The molecule has 26 heavy (non-hydrogen) atoms. The van der Waals surface area contributed by atoms with E-state index in [1.165, 1.54) is 6.33 Å². The number of aromatic nitrogens is 3. The molecule has 2 N–H and O–H groups in total. The number of anilines is 1. The van der Waals surface area contributed by atoms with Gasteiger partial charge in [-0.15, -0.1) is 0 Å². The number of hydrogen-bond donors (Lipinski definition) is 2. The Morgan fingerprint density at radius 1 is 1.23 bits per heavy atom. The summed E-state index contributed by atoms with van der Waals surface area (Å²) in [4.78, 5) is 4.30. The van der Waals surface area contributed by atoms with Gasteiger partial charge in [0.2, 0.25) is 5.95 Å². The molecule has 0 fully saturated rings. The first-order valence-electron chi connectivity index (χ1n) is 8.25. The summed E-state index contributed by atoms with van der Waals surface area (Å²) in [5.41, 5.74) is 2.85. The third-order valence-electron chi connectivity index (χ3n) is 4.19. The van der Waals surface area contributed by atoms with E-state index in [9.17, 15) is 5.11 Å². The summed E-state index contributed by atoms with van der Waals surface area (Å²) in [6.45, 7) is 2.36. The lowest BCUT2D eigenvalue weighted by Gasteiger charge is -2.25. The first-order valence-corrected chi connectivity index (χ1v) is 8.63. The number of ether oxygens (including phenoxy) is 1. The van der Waals surface area contributed by atoms with E-state index in [2.05, 4.69) is 21.5 Å². The molecule has 1 aliphatic rings. The lowest BCUT2D eigenvalue weighted by Crippen LogP contribution is -2.20. The molecule has 1 aromatic heterocycles. The highest BCUT2D eigenvalue weighted by Crippen LogP contribution is 2.36. The normalized spacial score (nSPS) is 15.8. The van der Waals surface area contributed by atoms with Crippen molar-refractivity contribution in [1.29, 1.82) is 0 Å². The summed E-state index contributed by atoms with van der Waals surface area (Å²) >= 11 is 6.00. The molecule has 3 aromatic rings. The van der Waals surface area contributed by atoms with Crippen molar-refractivity contribution in [2.24, 2.45) is 0 Å². The van der Waals surface area contributed by atoms with Gasteiger partial charge in [0.15, 0.2) is 11.5 Å².